The molecule has 116 valence electrons. The zero-order valence-corrected chi connectivity index (χ0v) is 13.5. The molecule has 4 fully saturated rings. The van der Waals surface area contributed by atoms with Crippen LogP contribution in [-0.2, 0) is 12.1 Å². The van der Waals surface area contributed by atoms with E-state index in [1.165, 1.54) is 37.9 Å². The minimum Gasteiger partial charge on any atom is -0.324 e. The Labute approximate surface area is 127 Å². The van der Waals surface area contributed by atoms with Crippen molar-refractivity contribution in [1.82, 2.24) is 14.8 Å². The van der Waals surface area contributed by atoms with E-state index < -0.39 is 0 Å². The molecule has 1 aromatic heterocycles. The first kappa shape index (κ1) is 13.7. The van der Waals surface area contributed by atoms with Crippen molar-refractivity contribution in [3.8, 4) is 0 Å². The quantitative estimate of drug-likeness (QED) is 0.910. The van der Waals surface area contributed by atoms with Crippen LogP contribution in [0.1, 0.15) is 70.4 Å². The van der Waals surface area contributed by atoms with Crippen LogP contribution in [0, 0.1) is 23.7 Å². The maximum absolute atomic E-state index is 5.91. The first-order valence-corrected chi connectivity index (χ1v) is 8.62. The SMILES string of the molecule is CC(C)(C)n1c(CN)nnc1C1C2CC3CC(C2)CC1C3. The van der Waals surface area contributed by atoms with Gasteiger partial charge in [-0.1, -0.05) is 0 Å². The van der Waals surface area contributed by atoms with Gasteiger partial charge in [-0.3, -0.25) is 0 Å². The van der Waals surface area contributed by atoms with Crippen molar-refractivity contribution in [1.29, 1.82) is 0 Å². The van der Waals surface area contributed by atoms with Crippen LogP contribution in [0.15, 0.2) is 0 Å². The Bertz CT molecular complexity index is 511. The van der Waals surface area contributed by atoms with Crippen LogP contribution < -0.4 is 5.73 Å². The molecule has 0 aliphatic heterocycles. The number of aromatic nitrogens is 3. The van der Waals surface area contributed by atoms with Gasteiger partial charge in [-0.25, -0.2) is 0 Å². The predicted octanol–water partition coefficient (Wildman–Crippen LogP) is 3.03. The first-order chi connectivity index (χ1) is 9.97. The summed E-state index contributed by atoms with van der Waals surface area (Å²) in [6.07, 6.45) is 7.19. The van der Waals surface area contributed by atoms with Crippen LogP contribution in [0.3, 0.4) is 0 Å². The molecule has 4 aliphatic rings. The zero-order valence-electron chi connectivity index (χ0n) is 13.5. The van der Waals surface area contributed by atoms with Gasteiger partial charge in [0.05, 0.1) is 6.54 Å². The molecule has 4 bridgehead atoms. The van der Waals surface area contributed by atoms with Crippen molar-refractivity contribution in [3.63, 3.8) is 0 Å². The number of nitrogens with zero attached hydrogens (tertiary/aromatic N) is 3. The molecule has 1 aromatic rings. The van der Waals surface area contributed by atoms with Gasteiger partial charge in [-0.05, 0) is 76.5 Å². The third-order valence-corrected chi connectivity index (χ3v) is 6.13. The van der Waals surface area contributed by atoms with E-state index in [1.54, 1.807) is 0 Å². The topological polar surface area (TPSA) is 56.7 Å². The van der Waals surface area contributed by atoms with Crippen molar-refractivity contribution >= 4 is 0 Å². The third kappa shape index (κ3) is 2.06. The molecule has 4 saturated carbocycles. The van der Waals surface area contributed by atoms with Crippen LogP contribution in [0.2, 0.25) is 0 Å². The molecule has 2 N–H and O–H groups in total. The molecule has 0 spiro atoms. The van der Waals surface area contributed by atoms with Crippen LogP contribution in [0.5, 0.6) is 0 Å². The van der Waals surface area contributed by atoms with Crippen LogP contribution in [0.25, 0.3) is 0 Å². The third-order valence-electron chi connectivity index (χ3n) is 6.13. The van der Waals surface area contributed by atoms with E-state index in [9.17, 15) is 0 Å². The summed E-state index contributed by atoms with van der Waals surface area (Å²) in [5.41, 5.74) is 5.93. The van der Waals surface area contributed by atoms with Crippen LogP contribution in [0.4, 0.5) is 0 Å². The summed E-state index contributed by atoms with van der Waals surface area (Å²) in [7, 11) is 0. The number of rotatable bonds is 2. The second-order valence-electron chi connectivity index (χ2n) is 8.64. The Balaban J connectivity index is 1.75. The van der Waals surface area contributed by atoms with E-state index in [0.717, 1.165) is 29.5 Å². The highest BCUT2D eigenvalue weighted by atomic mass is 15.3. The molecule has 0 saturated heterocycles. The van der Waals surface area contributed by atoms with Gasteiger partial charge in [-0.15, -0.1) is 10.2 Å². The van der Waals surface area contributed by atoms with Gasteiger partial charge in [0.15, 0.2) is 0 Å². The van der Waals surface area contributed by atoms with Crippen molar-refractivity contribution in [2.75, 3.05) is 0 Å². The molecular weight excluding hydrogens is 260 g/mol. The van der Waals surface area contributed by atoms with Gasteiger partial charge < -0.3 is 10.3 Å². The summed E-state index contributed by atoms with van der Waals surface area (Å²) in [5, 5.41) is 9.05. The van der Waals surface area contributed by atoms with Crippen molar-refractivity contribution in [2.45, 2.75) is 70.9 Å². The lowest BCUT2D eigenvalue weighted by Crippen LogP contribution is -2.45. The van der Waals surface area contributed by atoms with E-state index in [4.69, 9.17) is 5.73 Å². The summed E-state index contributed by atoms with van der Waals surface area (Å²) in [6.45, 7) is 7.22. The lowest BCUT2D eigenvalue weighted by Gasteiger charge is -2.54. The van der Waals surface area contributed by atoms with E-state index in [1.807, 2.05) is 0 Å². The monoisotopic (exact) mass is 288 g/mol. The Hall–Kier alpha value is -0.900. The standard InChI is InChI=1S/C17H28N4/c1-17(2,3)21-14(9-18)19-20-16(21)15-12-5-10-4-11(7-12)8-13(15)6-10/h10-13,15H,4-9,18H2,1-3H3. The molecule has 5 rings (SSSR count). The molecule has 0 radical (unpaired) electrons. The second kappa shape index (κ2) is 4.55. The van der Waals surface area contributed by atoms with Gasteiger partial charge in [0, 0.05) is 11.5 Å². The summed E-state index contributed by atoms with van der Waals surface area (Å²) < 4.78 is 2.35. The number of hydrogen-bond acceptors (Lipinski definition) is 3. The second-order valence-corrected chi connectivity index (χ2v) is 8.64. The molecule has 0 amide bonds. The highest BCUT2D eigenvalue weighted by Crippen LogP contribution is 2.59. The van der Waals surface area contributed by atoms with Crippen molar-refractivity contribution in [3.05, 3.63) is 11.6 Å². The summed E-state index contributed by atoms with van der Waals surface area (Å²) in [5.74, 6) is 6.51. The largest absolute Gasteiger partial charge is 0.324 e. The average molecular weight is 288 g/mol. The van der Waals surface area contributed by atoms with Crippen molar-refractivity contribution in [2.24, 2.45) is 29.4 Å². The summed E-state index contributed by atoms with van der Waals surface area (Å²) in [4.78, 5) is 0. The molecule has 0 aromatic carbocycles. The Morgan fingerprint density at radius 1 is 1.00 bits per heavy atom. The van der Waals surface area contributed by atoms with E-state index in [-0.39, 0.29) is 5.54 Å². The van der Waals surface area contributed by atoms with E-state index in [2.05, 4.69) is 35.5 Å². The smallest absolute Gasteiger partial charge is 0.147 e. The zero-order chi connectivity index (χ0) is 14.8. The fraction of sp³-hybridized carbons (Fsp3) is 0.882. The average Bonchev–Trinajstić information content (AvgIpc) is 2.81. The van der Waals surface area contributed by atoms with E-state index >= 15 is 0 Å². The normalized spacial score (nSPS) is 38.2. The summed E-state index contributed by atoms with van der Waals surface area (Å²) in [6, 6.07) is 0. The molecule has 0 unspecified atom stereocenters. The lowest BCUT2D eigenvalue weighted by atomic mass is 9.51. The van der Waals surface area contributed by atoms with Gasteiger partial charge in [0.2, 0.25) is 0 Å². The van der Waals surface area contributed by atoms with Crippen LogP contribution in [-0.4, -0.2) is 14.8 Å². The highest BCUT2D eigenvalue weighted by Gasteiger charge is 2.50. The maximum Gasteiger partial charge on any atom is 0.147 e. The predicted molar refractivity (Wildman–Crippen MR) is 82.7 cm³/mol. The van der Waals surface area contributed by atoms with Gasteiger partial charge >= 0.3 is 0 Å². The van der Waals surface area contributed by atoms with Gasteiger partial charge in [0.1, 0.15) is 11.6 Å². The first-order valence-electron chi connectivity index (χ1n) is 8.62. The Morgan fingerprint density at radius 2 is 1.57 bits per heavy atom. The fourth-order valence-corrected chi connectivity index (χ4v) is 5.76. The molecule has 4 heteroatoms. The molecule has 4 aliphatic carbocycles. The molecule has 0 atom stereocenters. The maximum atomic E-state index is 5.91. The molecule has 21 heavy (non-hydrogen) atoms. The van der Waals surface area contributed by atoms with Gasteiger partial charge in [0.25, 0.3) is 0 Å². The van der Waals surface area contributed by atoms with Gasteiger partial charge in [-0.2, -0.15) is 0 Å². The highest BCUT2D eigenvalue weighted by molar-refractivity contribution is 5.14. The molecular formula is C17H28N4. The lowest BCUT2D eigenvalue weighted by molar-refractivity contribution is -0.00798. The summed E-state index contributed by atoms with van der Waals surface area (Å²) >= 11 is 0. The van der Waals surface area contributed by atoms with Crippen molar-refractivity contribution < 1.29 is 0 Å². The molecule has 4 nitrogen and oxygen atoms in total. The van der Waals surface area contributed by atoms with Crippen LogP contribution >= 0.6 is 0 Å². The minimum absolute atomic E-state index is 0.0161. The fourth-order valence-electron chi connectivity index (χ4n) is 5.76. The Morgan fingerprint density at radius 3 is 2.05 bits per heavy atom. The molecule has 1 heterocycles. The Kier molecular flexibility index (Phi) is 2.97. The number of hydrogen-bond donors (Lipinski definition) is 1. The minimum atomic E-state index is 0.0161. The van der Waals surface area contributed by atoms with E-state index in [0.29, 0.717) is 12.5 Å². The number of nitrogens with two attached hydrogens (primary N) is 1.